The van der Waals surface area contributed by atoms with E-state index in [4.69, 9.17) is 5.11 Å². The van der Waals surface area contributed by atoms with Gasteiger partial charge in [0.2, 0.25) is 5.91 Å². The van der Waals surface area contributed by atoms with Crippen LogP contribution >= 0.6 is 0 Å². The van der Waals surface area contributed by atoms with Crippen molar-refractivity contribution in [3.05, 3.63) is 107 Å². The first-order valence-corrected chi connectivity index (χ1v) is 15.1. The number of aliphatic carboxylic acids is 1. The number of benzene rings is 3. The van der Waals surface area contributed by atoms with Gasteiger partial charge < -0.3 is 15.7 Å². The Labute approximate surface area is 265 Å². The van der Waals surface area contributed by atoms with Gasteiger partial charge in [0.25, 0.3) is 5.91 Å². The van der Waals surface area contributed by atoms with Gasteiger partial charge in [0.15, 0.2) is 5.82 Å². The molecule has 0 radical (unpaired) electrons. The van der Waals surface area contributed by atoms with Gasteiger partial charge in [-0.3, -0.25) is 14.4 Å². The summed E-state index contributed by atoms with van der Waals surface area (Å²) in [6.07, 6.45) is 3.62. The van der Waals surface area contributed by atoms with Crippen molar-refractivity contribution in [2.24, 2.45) is 0 Å². The highest BCUT2D eigenvalue weighted by Crippen LogP contribution is 2.27. The van der Waals surface area contributed by atoms with E-state index >= 15 is 0 Å². The second kappa shape index (κ2) is 13.8. The summed E-state index contributed by atoms with van der Waals surface area (Å²) < 4.78 is 0. The molecule has 8 heteroatoms. The maximum Gasteiger partial charge on any atom is 0.305 e. The van der Waals surface area contributed by atoms with Crippen LogP contribution in [-0.2, 0) is 26.8 Å². The summed E-state index contributed by atoms with van der Waals surface area (Å²) in [6, 6.07) is 22.4. The van der Waals surface area contributed by atoms with Crippen molar-refractivity contribution in [3.63, 3.8) is 0 Å². The number of aromatic nitrogens is 2. The van der Waals surface area contributed by atoms with Crippen LogP contribution in [0, 0.1) is 0 Å². The van der Waals surface area contributed by atoms with E-state index in [1.165, 1.54) is 5.56 Å². The van der Waals surface area contributed by atoms with E-state index in [0.717, 1.165) is 27.8 Å². The number of nitrogens with zero attached hydrogens (tertiary/aromatic N) is 2. The number of carbonyl (C=O) groups excluding carboxylic acids is 2. The minimum atomic E-state index is -1.01. The molecule has 0 spiro atoms. The fourth-order valence-corrected chi connectivity index (χ4v) is 4.80. The molecular formula is C37H42N4O4. The highest BCUT2D eigenvalue weighted by Gasteiger charge is 2.23. The van der Waals surface area contributed by atoms with Crippen LogP contribution in [-0.4, -0.2) is 45.4 Å². The molecule has 0 aliphatic carbocycles. The topological polar surface area (TPSA) is 121 Å². The lowest BCUT2D eigenvalue weighted by atomic mass is 9.86. The summed E-state index contributed by atoms with van der Waals surface area (Å²) in [6.45, 7) is 12.8. The molecule has 0 unspecified atom stereocenters. The average Bonchev–Trinajstić information content (AvgIpc) is 3.00. The Balaban J connectivity index is 1.46. The SMILES string of the molecule is CC(C)(C)c1ccc(C(=O)N[C@@H](Cc2ccc(-c3ncc(-c4ccc(C(C)(C)C)cc4)cn3)cc2)C(=O)NCCC(=O)O)cc1. The highest BCUT2D eigenvalue weighted by atomic mass is 16.4. The third-order valence-corrected chi connectivity index (χ3v) is 7.66. The lowest BCUT2D eigenvalue weighted by Crippen LogP contribution is -2.48. The average molecular weight is 607 g/mol. The summed E-state index contributed by atoms with van der Waals surface area (Å²) in [7, 11) is 0. The third-order valence-electron chi connectivity index (χ3n) is 7.66. The van der Waals surface area contributed by atoms with Gasteiger partial charge in [-0.05, 0) is 45.2 Å². The number of carbonyl (C=O) groups is 3. The number of hydrogen-bond donors (Lipinski definition) is 3. The van der Waals surface area contributed by atoms with Crippen LogP contribution in [0.5, 0.6) is 0 Å². The predicted octanol–water partition coefficient (Wildman–Crippen LogP) is 6.34. The first kappa shape index (κ1) is 33.1. The summed E-state index contributed by atoms with van der Waals surface area (Å²) in [5, 5.41) is 14.4. The molecule has 0 fully saturated rings. The zero-order valence-corrected chi connectivity index (χ0v) is 26.8. The lowest BCUT2D eigenvalue weighted by Gasteiger charge is -2.20. The molecule has 1 aromatic heterocycles. The maximum atomic E-state index is 13.1. The molecule has 3 N–H and O–H groups in total. The normalized spacial score (nSPS) is 12.3. The van der Waals surface area contributed by atoms with E-state index in [2.05, 4.69) is 86.4 Å². The van der Waals surface area contributed by atoms with Gasteiger partial charge >= 0.3 is 5.97 Å². The Morgan fingerprint density at radius 2 is 1.22 bits per heavy atom. The summed E-state index contributed by atoms with van der Waals surface area (Å²) in [5.41, 5.74) is 6.43. The zero-order chi connectivity index (χ0) is 32.8. The van der Waals surface area contributed by atoms with Crippen LogP contribution in [0.3, 0.4) is 0 Å². The first-order valence-electron chi connectivity index (χ1n) is 15.1. The molecule has 8 nitrogen and oxygen atoms in total. The summed E-state index contributed by atoms with van der Waals surface area (Å²) in [5.74, 6) is -1.27. The number of carboxylic acid groups (broad SMARTS) is 1. The Morgan fingerprint density at radius 3 is 1.73 bits per heavy atom. The minimum Gasteiger partial charge on any atom is -0.481 e. The van der Waals surface area contributed by atoms with Crippen LogP contribution in [0.15, 0.2) is 85.2 Å². The van der Waals surface area contributed by atoms with Gasteiger partial charge in [-0.1, -0.05) is 102 Å². The molecular weight excluding hydrogens is 564 g/mol. The fraction of sp³-hybridized carbons (Fsp3) is 0.324. The molecule has 0 aliphatic rings. The summed E-state index contributed by atoms with van der Waals surface area (Å²) >= 11 is 0. The highest BCUT2D eigenvalue weighted by molar-refractivity contribution is 5.97. The lowest BCUT2D eigenvalue weighted by molar-refractivity contribution is -0.137. The quantitative estimate of drug-likeness (QED) is 0.194. The van der Waals surface area contributed by atoms with E-state index in [9.17, 15) is 14.4 Å². The van der Waals surface area contributed by atoms with Crippen molar-refractivity contribution in [3.8, 4) is 22.5 Å². The van der Waals surface area contributed by atoms with Crippen LogP contribution in [0.4, 0.5) is 0 Å². The van der Waals surface area contributed by atoms with Gasteiger partial charge in [-0.25, -0.2) is 9.97 Å². The standard InChI is InChI=1S/C37H42N4O4/c1-36(2,3)29-15-11-25(12-16-29)28-22-39-33(40-23-28)26-9-7-24(8-10-26)21-31(35(45)38-20-19-32(42)43)41-34(44)27-13-17-30(18-14-27)37(4,5)6/h7-18,22-23,31H,19-21H2,1-6H3,(H,38,45)(H,41,44)(H,42,43)/t31-/m0/s1. The molecule has 2 amide bonds. The van der Waals surface area contributed by atoms with Gasteiger partial charge in [0.1, 0.15) is 6.04 Å². The first-order chi connectivity index (χ1) is 21.2. The Hall–Kier alpha value is -4.85. The predicted molar refractivity (Wildman–Crippen MR) is 177 cm³/mol. The molecule has 0 saturated carbocycles. The Bertz CT molecular complexity index is 1620. The van der Waals surface area contributed by atoms with Crippen molar-refractivity contribution in [1.82, 2.24) is 20.6 Å². The van der Waals surface area contributed by atoms with Gasteiger partial charge in [-0.2, -0.15) is 0 Å². The molecule has 1 atom stereocenters. The van der Waals surface area contributed by atoms with Crippen LogP contribution in [0.2, 0.25) is 0 Å². The molecule has 4 rings (SSSR count). The van der Waals surface area contributed by atoms with Crippen molar-refractivity contribution in [1.29, 1.82) is 0 Å². The number of nitrogens with one attached hydrogen (secondary N) is 2. The van der Waals surface area contributed by atoms with Crippen LogP contribution < -0.4 is 10.6 Å². The molecule has 0 aliphatic heterocycles. The number of amides is 2. The Morgan fingerprint density at radius 1 is 0.711 bits per heavy atom. The second-order valence-corrected chi connectivity index (χ2v) is 13.3. The van der Waals surface area contributed by atoms with Crippen LogP contribution in [0.1, 0.15) is 75.0 Å². The van der Waals surface area contributed by atoms with E-state index in [1.807, 2.05) is 48.8 Å². The van der Waals surface area contributed by atoms with Gasteiger partial charge in [-0.15, -0.1) is 0 Å². The van der Waals surface area contributed by atoms with Crippen molar-refractivity contribution >= 4 is 17.8 Å². The van der Waals surface area contributed by atoms with Crippen molar-refractivity contribution in [2.45, 2.75) is 71.3 Å². The maximum absolute atomic E-state index is 13.1. The third kappa shape index (κ3) is 9.08. The molecule has 4 aromatic rings. The molecule has 234 valence electrons. The largest absolute Gasteiger partial charge is 0.481 e. The van der Waals surface area contributed by atoms with E-state index in [1.54, 1.807) is 12.1 Å². The zero-order valence-electron chi connectivity index (χ0n) is 26.8. The minimum absolute atomic E-state index is 0.0339. The van der Waals surface area contributed by atoms with Gasteiger partial charge in [0, 0.05) is 42.0 Å². The van der Waals surface area contributed by atoms with Gasteiger partial charge in [0.05, 0.1) is 6.42 Å². The van der Waals surface area contributed by atoms with Crippen LogP contribution in [0.25, 0.3) is 22.5 Å². The molecule has 45 heavy (non-hydrogen) atoms. The van der Waals surface area contributed by atoms with Crippen molar-refractivity contribution < 1.29 is 19.5 Å². The van der Waals surface area contributed by atoms with Crippen molar-refractivity contribution in [2.75, 3.05) is 6.54 Å². The number of carboxylic acids is 1. The van der Waals surface area contributed by atoms with E-state index in [0.29, 0.717) is 11.4 Å². The molecule has 0 saturated heterocycles. The molecule has 1 heterocycles. The monoisotopic (exact) mass is 606 g/mol. The number of hydrogen-bond acceptors (Lipinski definition) is 5. The second-order valence-electron chi connectivity index (χ2n) is 13.3. The number of rotatable bonds is 10. The fourth-order valence-electron chi connectivity index (χ4n) is 4.80. The summed E-state index contributed by atoms with van der Waals surface area (Å²) in [4.78, 5) is 46.3. The van der Waals surface area contributed by atoms with E-state index < -0.39 is 17.9 Å². The van der Waals surface area contributed by atoms with E-state index in [-0.39, 0.29) is 36.1 Å². The smallest absolute Gasteiger partial charge is 0.305 e. The molecule has 0 bridgehead atoms. The molecule has 3 aromatic carbocycles. The Kier molecular flexibility index (Phi) is 10.2.